The van der Waals surface area contributed by atoms with E-state index in [1.54, 1.807) is 0 Å². The van der Waals surface area contributed by atoms with Gasteiger partial charge in [0.1, 0.15) is 11.9 Å². The van der Waals surface area contributed by atoms with Crippen LogP contribution in [0.25, 0.3) is 0 Å². The Morgan fingerprint density at radius 2 is 1.61 bits per heavy atom. The lowest BCUT2D eigenvalue weighted by Gasteiger charge is -2.64. The van der Waals surface area contributed by atoms with E-state index in [9.17, 15) is 5.11 Å². The van der Waals surface area contributed by atoms with E-state index >= 15 is 0 Å². The van der Waals surface area contributed by atoms with Gasteiger partial charge in [-0.2, -0.15) is 0 Å². The number of hydrogen-bond donors (Lipinski definition) is 1. The first-order chi connectivity index (χ1) is 17.5. The fraction of sp³-hybridized carbons (Fsp3) is 0.438. The molecule has 0 aromatic heterocycles. The minimum absolute atomic E-state index is 0.0463. The SMILES string of the molecule is Cc1ccc2c3c1OC1[C@H](N(Cc4ccccc4)Cc4ccccc4)CC[C@@]4(O)[C@@H](C2)N(C)CC[C@]314. The fourth-order valence-corrected chi connectivity index (χ4v) is 8.17. The number of likely N-dealkylation sites (N-methyl/N-ethyl adjacent to an activating group) is 1. The van der Waals surface area contributed by atoms with Gasteiger partial charge in [0.25, 0.3) is 0 Å². The number of ether oxygens (including phenoxy) is 1. The summed E-state index contributed by atoms with van der Waals surface area (Å²) in [4.78, 5) is 5.04. The van der Waals surface area contributed by atoms with Crippen LogP contribution in [0.4, 0.5) is 0 Å². The van der Waals surface area contributed by atoms with E-state index < -0.39 is 5.60 Å². The maximum absolute atomic E-state index is 12.6. The molecule has 3 aromatic carbocycles. The topological polar surface area (TPSA) is 35.9 Å². The monoisotopic (exact) mass is 480 g/mol. The summed E-state index contributed by atoms with van der Waals surface area (Å²) in [5, 5.41) is 12.6. The summed E-state index contributed by atoms with van der Waals surface area (Å²) < 4.78 is 7.06. The molecule has 1 spiro atoms. The second-order valence-corrected chi connectivity index (χ2v) is 11.6. The van der Waals surface area contributed by atoms with Crippen LogP contribution in [-0.4, -0.2) is 52.3 Å². The van der Waals surface area contributed by atoms with Crippen molar-refractivity contribution in [2.75, 3.05) is 13.6 Å². The van der Waals surface area contributed by atoms with Crippen LogP contribution in [0, 0.1) is 6.92 Å². The van der Waals surface area contributed by atoms with Crippen molar-refractivity contribution in [2.45, 2.75) is 74.9 Å². The Morgan fingerprint density at radius 3 is 2.28 bits per heavy atom. The Kier molecular flexibility index (Phi) is 5.12. The third-order valence-corrected chi connectivity index (χ3v) is 9.84. The van der Waals surface area contributed by atoms with Gasteiger partial charge in [0, 0.05) is 30.7 Å². The molecule has 2 fully saturated rings. The summed E-state index contributed by atoms with van der Waals surface area (Å²) in [6.45, 7) is 4.93. The van der Waals surface area contributed by atoms with Gasteiger partial charge < -0.3 is 14.7 Å². The standard InChI is InChI=1S/C32H36N2O2/c1-22-13-14-25-19-27-32(35)16-15-26(30-31(32,17-18-33(27)2)28(25)29(22)36-30)34(20-23-9-5-3-6-10-23)21-24-11-7-4-8-12-24/h3-14,26-27,30,35H,15-21H2,1-2H3/t26-,27-,30?,31+,32-/m1/s1. The van der Waals surface area contributed by atoms with Crippen LogP contribution in [0.1, 0.15) is 47.1 Å². The van der Waals surface area contributed by atoms with Crippen molar-refractivity contribution in [3.8, 4) is 5.75 Å². The number of hydrogen-bond acceptors (Lipinski definition) is 4. The molecule has 4 aliphatic rings. The van der Waals surface area contributed by atoms with Gasteiger partial charge in [-0.15, -0.1) is 0 Å². The normalized spacial score (nSPS) is 32.3. The van der Waals surface area contributed by atoms with Crippen LogP contribution in [0.3, 0.4) is 0 Å². The molecule has 1 saturated heterocycles. The summed E-state index contributed by atoms with van der Waals surface area (Å²) in [6, 6.07) is 26.5. The van der Waals surface area contributed by atoms with Crippen molar-refractivity contribution in [3.05, 3.63) is 101 Å². The number of aryl methyl sites for hydroxylation is 1. The molecule has 0 radical (unpaired) electrons. The molecule has 186 valence electrons. The Hall–Kier alpha value is -2.66. The quantitative estimate of drug-likeness (QED) is 0.566. The summed E-state index contributed by atoms with van der Waals surface area (Å²) >= 11 is 0. The molecule has 2 bridgehead atoms. The molecule has 0 amide bonds. The maximum Gasteiger partial charge on any atom is 0.127 e. The van der Waals surface area contributed by atoms with E-state index in [0.717, 1.165) is 51.1 Å². The Labute approximate surface area is 214 Å². The maximum atomic E-state index is 12.6. The first kappa shape index (κ1) is 22.5. The second-order valence-electron chi connectivity index (χ2n) is 11.6. The second kappa shape index (κ2) is 8.17. The molecule has 4 heteroatoms. The predicted octanol–water partition coefficient (Wildman–Crippen LogP) is 4.85. The van der Waals surface area contributed by atoms with Crippen molar-refractivity contribution in [2.24, 2.45) is 0 Å². The van der Waals surface area contributed by atoms with Crippen molar-refractivity contribution in [3.63, 3.8) is 0 Å². The van der Waals surface area contributed by atoms with Gasteiger partial charge in [0.05, 0.1) is 11.0 Å². The molecule has 2 aliphatic heterocycles. The van der Waals surface area contributed by atoms with Crippen LogP contribution >= 0.6 is 0 Å². The molecule has 1 saturated carbocycles. The van der Waals surface area contributed by atoms with E-state index in [0.29, 0.717) is 0 Å². The summed E-state index contributed by atoms with van der Waals surface area (Å²) in [7, 11) is 2.20. The summed E-state index contributed by atoms with van der Waals surface area (Å²) in [6.07, 6.45) is 3.57. The van der Waals surface area contributed by atoms with Crippen LogP contribution in [0.5, 0.6) is 5.75 Å². The number of aliphatic hydroxyl groups is 1. The minimum atomic E-state index is -0.752. The number of benzene rings is 3. The first-order valence-corrected chi connectivity index (χ1v) is 13.6. The molecular weight excluding hydrogens is 444 g/mol. The molecule has 36 heavy (non-hydrogen) atoms. The Balaban J connectivity index is 1.35. The third kappa shape index (κ3) is 3.04. The average molecular weight is 481 g/mol. The highest BCUT2D eigenvalue weighted by atomic mass is 16.5. The average Bonchev–Trinajstić information content (AvgIpc) is 3.25. The predicted molar refractivity (Wildman–Crippen MR) is 142 cm³/mol. The smallest absolute Gasteiger partial charge is 0.127 e. The van der Waals surface area contributed by atoms with Crippen molar-refractivity contribution in [1.29, 1.82) is 0 Å². The Bertz CT molecular complexity index is 1240. The Morgan fingerprint density at radius 1 is 0.944 bits per heavy atom. The van der Waals surface area contributed by atoms with E-state index in [4.69, 9.17) is 4.74 Å². The summed E-state index contributed by atoms with van der Waals surface area (Å²) in [5.74, 6) is 1.06. The van der Waals surface area contributed by atoms with Crippen LogP contribution < -0.4 is 4.74 Å². The third-order valence-electron chi connectivity index (χ3n) is 9.84. The lowest BCUT2D eigenvalue weighted by Crippen LogP contribution is -2.77. The van der Waals surface area contributed by atoms with Crippen molar-refractivity contribution < 1.29 is 9.84 Å². The highest BCUT2D eigenvalue weighted by molar-refractivity contribution is 5.60. The van der Waals surface area contributed by atoms with E-state index in [-0.39, 0.29) is 23.6 Å². The minimum Gasteiger partial charge on any atom is -0.487 e. The molecule has 3 aromatic rings. The largest absolute Gasteiger partial charge is 0.487 e. The van der Waals surface area contributed by atoms with E-state index in [1.807, 2.05) is 0 Å². The lowest BCUT2D eigenvalue weighted by atomic mass is 9.48. The number of piperidine rings is 1. The van der Waals surface area contributed by atoms with Crippen molar-refractivity contribution in [1.82, 2.24) is 9.80 Å². The lowest BCUT2D eigenvalue weighted by molar-refractivity contribution is -0.197. The van der Waals surface area contributed by atoms with Crippen LogP contribution in [0.2, 0.25) is 0 Å². The molecular formula is C32H36N2O2. The number of likely N-dealkylation sites (tertiary alicyclic amines) is 1. The molecule has 4 nitrogen and oxygen atoms in total. The molecule has 1 unspecified atom stereocenters. The van der Waals surface area contributed by atoms with Gasteiger partial charge in [-0.1, -0.05) is 72.8 Å². The van der Waals surface area contributed by atoms with Gasteiger partial charge in [-0.05, 0) is 68.5 Å². The van der Waals surface area contributed by atoms with Crippen LogP contribution in [-0.2, 0) is 24.9 Å². The van der Waals surface area contributed by atoms with Gasteiger partial charge in [-0.3, -0.25) is 4.90 Å². The molecule has 2 heterocycles. The van der Waals surface area contributed by atoms with Gasteiger partial charge in [0.2, 0.25) is 0 Å². The fourth-order valence-electron chi connectivity index (χ4n) is 8.17. The molecule has 1 N–H and O–H groups in total. The molecule has 7 rings (SSSR count). The zero-order valence-electron chi connectivity index (χ0n) is 21.4. The number of nitrogens with zero attached hydrogens (tertiary/aromatic N) is 2. The first-order valence-electron chi connectivity index (χ1n) is 13.6. The van der Waals surface area contributed by atoms with Crippen LogP contribution in [0.15, 0.2) is 72.8 Å². The van der Waals surface area contributed by atoms with E-state index in [2.05, 4.69) is 96.6 Å². The molecule has 5 atom stereocenters. The van der Waals surface area contributed by atoms with Gasteiger partial charge >= 0.3 is 0 Å². The van der Waals surface area contributed by atoms with Crippen molar-refractivity contribution >= 4 is 0 Å². The highest BCUT2D eigenvalue weighted by Crippen LogP contribution is 2.64. The van der Waals surface area contributed by atoms with Gasteiger partial charge in [-0.25, -0.2) is 0 Å². The number of rotatable bonds is 5. The highest BCUT2D eigenvalue weighted by Gasteiger charge is 2.72. The zero-order chi connectivity index (χ0) is 24.5. The summed E-state index contributed by atoms with van der Waals surface area (Å²) in [5.41, 5.74) is 5.48. The molecule has 2 aliphatic carbocycles. The zero-order valence-corrected chi connectivity index (χ0v) is 21.4. The van der Waals surface area contributed by atoms with Gasteiger partial charge in [0.15, 0.2) is 0 Å². The van der Waals surface area contributed by atoms with E-state index in [1.165, 1.54) is 27.8 Å².